The van der Waals surface area contributed by atoms with Crippen LogP contribution in [-0.4, -0.2) is 13.5 Å². The van der Waals surface area contributed by atoms with Crippen LogP contribution in [-0.2, 0) is 10.0 Å². The molecule has 2 aromatic carbocycles. The van der Waals surface area contributed by atoms with E-state index in [4.69, 9.17) is 0 Å². The van der Waals surface area contributed by atoms with Crippen LogP contribution < -0.4 is 4.72 Å². The maximum absolute atomic E-state index is 12.1. The van der Waals surface area contributed by atoms with Gasteiger partial charge in [0.2, 0.25) is 0 Å². The first-order chi connectivity index (χ1) is 8.88. The highest BCUT2D eigenvalue weighted by molar-refractivity contribution is 9.10. The molecule has 100 valence electrons. The molecule has 2 N–H and O–H groups in total. The summed E-state index contributed by atoms with van der Waals surface area (Å²) in [5, 5.41) is 9.69. The van der Waals surface area contributed by atoms with E-state index in [1.54, 1.807) is 18.2 Å². The second-order valence-corrected chi connectivity index (χ2v) is 6.68. The monoisotopic (exact) mass is 341 g/mol. The van der Waals surface area contributed by atoms with Gasteiger partial charge in [-0.25, -0.2) is 8.42 Å². The number of benzene rings is 2. The van der Waals surface area contributed by atoms with Gasteiger partial charge >= 0.3 is 0 Å². The predicted octanol–water partition coefficient (Wildman–Crippen LogP) is 3.26. The van der Waals surface area contributed by atoms with Crippen LogP contribution in [0.15, 0.2) is 51.8 Å². The number of anilines is 1. The number of halogens is 1. The van der Waals surface area contributed by atoms with E-state index in [2.05, 4.69) is 20.7 Å². The van der Waals surface area contributed by atoms with Crippen LogP contribution in [0.1, 0.15) is 5.56 Å². The van der Waals surface area contributed by atoms with Crippen molar-refractivity contribution < 1.29 is 13.5 Å². The molecule has 2 rings (SSSR count). The smallest absolute Gasteiger partial charge is 0.262 e. The Labute approximate surface area is 120 Å². The molecule has 0 atom stereocenters. The molecule has 0 bridgehead atoms. The first-order valence-electron chi connectivity index (χ1n) is 5.46. The van der Waals surface area contributed by atoms with E-state index in [0.717, 1.165) is 5.56 Å². The molecular weight excluding hydrogens is 330 g/mol. The van der Waals surface area contributed by atoms with Gasteiger partial charge in [0.25, 0.3) is 10.0 Å². The number of nitrogens with one attached hydrogen (secondary N) is 1. The van der Waals surface area contributed by atoms with Crippen LogP contribution in [0.5, 0.6) is 5.75 Å². The number of hydrogen-bond acceptors (Lipinski definition) is 3. The van der Waals surface area contributed by atoms with Crippen LogP contribution >= 0.6 is 15.9 Å². The van der Waals surface area contributed by atoms with Crippen molar-refractivity contribution in [2.24, 2.45) is 0 Å². The third-order valence-electron chi connectivity index (χ3n) is 2.54. The fourth-order valence-electron chi connectivity index (χ4n) is 1.51. The average Bonchev–Trinajstić information content (AvgIpc) is 2.33. The Morgan fingerprint density at radius 3 is 2.32 bits per heavy atom. The van der Waals surface area contributed by atoms with Crippen molar-refractivity contribution in [1.82, 2.24) is 0 Å². The summed E-state index contributed by atoms with van der Waals surface area (Å²) in [6.45, 7) is 1.88. The summed E-state index contributed by atoms with van der Waals surface area (Å²) in [6.07, 6.45) is 0. The first kappa shape index (κ1) is 13.9. The van der Waals surface area contributed by atoms with E-state index in [9.17, 15) is 13.5 Å². The van der Waals surface area contributed by atoms with Crippen LogP contribution in [0.25, 0.3) is 0 Å². The van der Waals surface area contributed by atoms with Gasteiger partial charge in [0.15, 0.2) is 0 Å². The zero-order chi connectivity index (χ0) is 14.0. The van der Waals surface area contributed by atoms with Gasteiger partial charge in [0, 0.05) is 4.47 Å². The molecule has 6 heteroatoms. The summed E-state index contributed by atoms with van der Waals surface area (Å²) < 4.78 is 27.3. The molecule has 0 radical (unpaired) electrons. The van der Waals surface area contributed by atoms with Gasteiger partial charge in [-0.1, -0.05) is 33.6 Å². The third kappa shape index (κ3) is 3.27. The number of phenolic OH excluding ortho intramolecular Hbond substituents is 1. The maximum Gasteiger partial charge on any atom is 0.262 e. The van der Waals surface area contributed by atoms with E-state index in [0.29, 0.717) is 4.47 Å². The van der Waals surface area contributed by atoms with Crippen LogP contribution in [0, 0.1) is 6.92 Å². The number of aryl methyl sites for hydroxylation is 1. The molecule has 0 amide bonds. The SMILES string of the molecule is Cc1ccc(S(=O)(=O)Nc2ccc(Br)cc2O)cc1. The molecule has 2 aromatic rings. The Morgan fingerprint density at radius 1 is 1.11 bits per heavy atom. The molecule has 0 aliphatic heterocycles. The van der Waals surface area contributed by atoms with Gasteiger partial charge in [-0.05, 0) is 37.3 Å². The van der Waals surface area contributed by atoms with E-state index >= 15 is 0 Å². The lowest BCUT2D eigenvalue weighted by atomic mass is 10.2. The van der Waals surface area contributed by atoms with Gasteiger partial charge in [0.05, 0.1) is 10.6 Å². The number of aromatic hydroxyl groups is 1. The Balaban J connectivity index is 2.33. The second-order valence-electron chi connectivity index (χ2n) is 4.08. The molecule has 0 aliphatic carbocycles. The summed E-state index contributed by atoms with van der Waals surface area (Å²) in [7, 11) is -3.69. The second kappa shape index (κ2) is 5.22. The first-order valence-corrected chi connectivity index (χ1v) is 7.74. The molecule has 0 saturated heterocycles. The summed E-state index contributed by atoms with van der Waals surface area (Å²) in [4.78, 5) is 0.153. The van der Waals surface area contributed by atoms with Crippen LogP contribution in [0.3, 0.4) is 0 Å². The van der Waals surface area contributed by atoms with Crippen molar-refractivity contribution in [2.75, 3.05) is 4.72 Å². The molecule has 0 unspecified atom stereocenters. The average molecular weight is 342 g/mol. The standard InChI is InChI=1S/C13H12BrNO3S/c1-9-2-5-11(6-3-9)19(17,18)15-12-7-4-10(14)8-13(12)16/h2-8,15-16H,1H3. The van der Waals surface area contributed by atoms with Gasteiger partial charge in [-0.15, -0.1) is 0 Å². The molecule has 19 heavy (non-hydrogen) atoms. The normalized spacial score (nSPS) is 11.3. The summed E-state index contributed by atoms with van der Waals surface area (Å²) in [6, 6.07) is 11.0. The molecule has 0 heterocycles. The summed E-state index contributed by atoms with van der Waals surface area (Å²) in [5.41, 5.74) is 1.12. The van der Waals surface area contributed by atoms with Gasteiger partial charge in [-0.3, -0.25) is 4.72 Å². The molecule has 0 fully saturated rings. The van der Waals surface area contributed by atoms with Crippen LogP contribution in [0.4, 0.5) is 5.69 Å². The predicted molar refractivity (Wildman–Crippen MR) is 77.8 cm³/mol. The number of sulfonamides is 1. The zero-order valence-corrected chi connectivity index (χ0v) is 12.5. The minimum Gasteiger partial charge on any atom is -0.506 e. The number of phenols is 1. The van der Waals surface area contributed by atoms with E-state index < -0.39 is 10.0 Å². The fourth-order valence-corrected chi connectivity index (χ4v) is 2.94. The maximum atomic E-state index is 12.1. The van der Waals surface area contributed by atoms with Crippen molar-refractivity contribution in [3.63, 3.8) is 0 Å². The highest BCUT2D eigenvalue weighted by Gasteiger charge is 2.15. The minimum absolute atomic E-state index is 0.134. The lowest BCUT2D eigenvalue weighted by Crippen LogP contribution is -2.12. The minimum atomic E-state index is -3.69. The Hall–Kier alpha value is -1.53. The molecule has 0 spiro atoms. The molecule has 4 nitrogen and oxygen atoms in total. The zero-order valence-electron chi connectivity index (χ0n) is 10.1. The molecule has 0 aliphatic rings. The Bertz CT molecular complexity index is 696. The third-order valence-corrected chi connectivity index (χ3v) is 4.41. The van der Waals surface area contributed by atoms with Crippen molar-refractivity contribution in [1.29, 1.82) is 0 Å². The Morgan fingerprint density at radius 2 is 1.74 bits per heavy atom. The van der Waals surface area contributed by atoms with Gasteiger partial charge in [0.1, 0.15) is 5.75 Å². The lowest BCUT2D eigenvalue weighted by Gasteiger charge is -2.10. The van der Waals surface area contributed by atoms with Crippen molar-refractivity contribution in [3.05, 3.63) is 52.5 Å². The van der Waals surface area contributed by atoms with E-state index in [1.807, 2.05) is 6.92 Å². The van der Waals surface area contributed by atoms with Crippen molar-refractivity contribution in [3.8, 4) is 5.75 Å². The largest absolute Gasteiger partial charge is 0.506 e. The number of hydrogen-bond donors (Lipinski definition) is 2. The summed E-state index contributed by atoms with van der Waals surface area (Å²) >= 11 is 3.19. The highest BCUT2D eigenvalue weighted by Crippen LogP contribution is 2.28. The lowest BCUT2D eigenvalue weighted by molar-refractivity contribution is 0.477. The molecule has 0 saturated carbocycles. The Kier molecular flexibility index (Phi) is 3.82. The number of rotatable bonds is 3. The van der Waals surface area contributed by atoms with Crippen molar-refractivity contribution in [2.45, 2.75) is 11.8 Å². The van der Waals surface area contributed by atoms with Gasteiger partial charge in [-0.2, -0.15) is 0 Å². The molecular formula is C13H12BrNO3S. The van der Waals surface area contributed by atoms with Gasteiger partial charge < -0.3 is 5.11 Å². The van der Waals surface area contributed by atoms with E-state index in [-0.39, 0.29) is 16.3 Å². The quantitative estimate of drug-likeness (QED) is 0.842. The van der Waals surface area contributed by atoms with Crippen LogP contribution in [0.2, 0.25) is 0 Å². The topological polar surface area (TPSA) is 66.4 Å². The van der Waals surface area contributed by atoms with E-state index in [1.165, 1.54) is 24.3 Å². The molecule has 0 aromatic heterocycles. The highest BCUT2D eigenvalue weighted by atomic mass is 79.9. The fraction of sp³-hybridized carbons (Fsp3) is 0.0769. The van der Waals surface area contributed by atoms with Crippen molar-refractivity contribution >= 4 is 31.6 Å². The summed E-state index contributed by atoms with van der Waals surface area (Å²) in [5.74, 6) is -0.134.